The molecule has 33 heavy (non-hydrogen) atoms. The second kappa shape index (κ2) is 11.2. The zero-order valence-corrected chi connectivity index (χ0v) is 19.5. The number of anilines is 1. The van der Waals surface area contributed by atoms with Gasteiger partial charge in [-0.3, -0.25) is 4.79 Å². The first kappa shape index (κ1) is 23.9. The van der Waals surface area contributed by atoms with Crippen molar-refractivity contribution in [1.82, 2.24) is 4.57 Å². The van der Waals surface area contributed by atoms with Gasteiger partial charge in [-0.25, -0.2) is 4.79 Å². The quantitative estimate of drug-likeness (QED) is 0.436. The van der Waals surface area contributed by atoms with Gasteiger partial charge in [0, 0.05) is 48.7 Å². The van der Waals surface area contributed by atoms with Crippen molar-refractivity contribution in [2.24, 2.45) is 0 Å². The first-order valence-corrected chi connectivity index (χ1v) is 10.9. The highest BCUT2D eigenvalue weighted by atomic mass is 16.5. The highest BCUT2D eigenvalue weighted by Gasteiger charge is 2.15. The molecule has 0 aliphatic carbocycles. The van der Waals surface area contributed by atoms with Crippen molar-refractivity contribution in [3.8, 4) is 22.8 Å². The van der Waals surface area contributed by atoms with Gasteiger partial charge in [0.2, 0.25) is 5.91 Å². The SMILES string of the molecule is CCOC(=O)c1cc(-c2ccc(C)cc2)n(CCCC(=O)Nc2cc(OC)cc(OC)c2)c1. The second-order valence-electron chi connectivity index (χ2n) is 7.65. The lowest BCUT2D eigenvalue weighted by Crippen LogP contribution is -2.12. The number of rotatable bonds is 10. The lowest BCUT2D eigenvalue weighted by atomic mass is 10.1. The van der Waals surface area contributed by atoms with Gasteiger partial charge in [-0.05, 0) is 31.9 Å². The summed E-state index contributed by atoms with van der Waals surface area (Å²) in [5.41, 5.74) is 4.19. The highest BCUT2D eigenvalue weighted by Crippen LogP contribution is 2.27. The van der Waals surface area contributed by atoms with E-state index in [2.05, 4.69) is 5.32 Å². The first-order chi connectivity index (χ1) is 15.9. The van der Waals surface area contributed by atoms with Crippen LogP contribution in [0.3, 0.4) is 0 Å². The minimum atomic E-state index is -0.352. The molecule has 1 amide bonds. The molecule has 0 aliphatic rings. The van der Waals surface area contributed by atoms with E-state index in [4.69, 9.17) is 14.2 Å². The molecule has 2 aromatic carbocycles. The van der Waals surface area contributed by atoms with Crippen molar-refractivity contribution >= 4 is 17.6 Å². The lowest BCUT2D eigenvalue weighted by molar-refractivity contribution is -0.116. The van der Waals surface area contributed by atoms with Crippen LogP contribution in [0, 0.1) is 6.92 Å². The number of amides is 1. The van der Waals surface area contributed by atoms with Crippen molar-refractivity contribution in [3.63, 3.8) is 0 Å². The number of ether oxygens (including phenoxy) is 3. The lowest BCUT2D eigenvalue weighted by Gasteiger charge is -2.11. The third-order valence-corrected chi connectivity index (χ3v) is 5.19. The molecule has 0 spiro atoms. The maximum Gasteiger partial charge on any atom is 0.339 e. The normalized spacial score (nSPS) is 10.5. The number of nitrogens with one attached hydrogen (secondary N) is 1. The standard InChI is InChI=1S/C26H30N2O5/c1-5-33-26(30)20-13-24(19-10-8-18(2)9-11-19)28(17-20)12-6-7-25(29)27-21-14-22(31-3)16-23(15-21)32-4/h8-11,13-17H,5-7,12H2,1-4H3,(H,27,29). The van der Waals surface area contributed by atoms with Crippen molar-refractivity contribution in [3.05, 3.63) is 65.9 Å². The molecule has 0 atom stereocenters. The topological polar surface area (TPSA) is 78.8 Å². The number of nitrogens with zero attached hydrogens (tertiary/aromatic N) is 1. The van der Waals surface area contributed by atoms with E-state index in [1.807, 2.05) is 41.8 Å². The molecule has 0 aliphatic heterocycles. The van der Waals surface area contributed by atoms with Crippen LogP contribution in [0.25, 0.3) is 11.3 Å². The number of carbonyl (C=O) groups excluding carboxylic acids is 2. The average molecular weight is 451 g/mol. The monoisotopic (exact) mass is 450 g/mol. The Kier molecular flexibility index (Phi) is 8.13. The Balaban J connectivity index is 1.69. The van der Waals surface area contributed by atoms with Gasteiger partial charge in [0.25, 0.3) is 0 Å². The van der Waals surface area contributed by atoms with Crippen molar-refractivity contribution in [1.29, 1.82) is 0 Å². The average Bonchev–Trinajstić information content (AvgIpc) is 3.23. The molecule has 1 aromatic heterocycles. The fourth-order valence-electron chi connectivity index (χ4n) is 3.50. The van der Waals surface area contributed by atoms with Crippen LogP contribution in [-0.4, -0.2) is 37.3 Å². The Labute approximate surface area is 194 Å². The molecule has 1 N–H and O–H groups in total. The van der Waals surface area contributed by atoms with Crippen LogP contribution in [-0.2, 0) is 16.1 Å². The van der Waals surface area contributed by atoms with Gasteiger partial charge in [0.05, 0.1) is 26.4 Å². The number of hydrogen-bond acceptors (Lipinski definition) is 5. The summed E-state index contributed by atoms with van der Waals surface area (Å²) in [4.78, 5) is 24.8. The fourth-order valence-corrected chi connectivity index (χ4v) is 3.50. The first-order valence-electron chi connectivity index (χ1n) is 10.9. The number of hydrogen-bond donors (Lipinski definition) is 1. The second-order valence-corrected chi connectivity index (χ2v) is 7.65. The molecule has 0 radical (unpaired) electrons. The highest BCUT2D eigenvalue weighted by molar-refractivity contribution is 5.92. The Morgan fingerprint density at radius 3 is 2.24 bits per heavy atom. The summed E-state index contributed by atoms with van der Waals surface area (Å²) < 4.78 is 17.7. The molecule has 3 aromatic rings. The third kappa shape index (κ3) is 6.38. The summed E-state index contributed by atoms with van der Waals surface area (Å²) in [6, 6.07) is 15.2. The summed E-state index contributed by atoms with van der Waals surface area (Å²) in [5.74, 6) is 0.742. The summed E-state index contributed by atoms with van der Waals surface area (Å²) in [5, 5.41) is 2.89. The van der Waals surface area contributed by atoms with Crippen LogP contribution < -0.4 is 14.8 Å². The Morgan fingerprint density at radius 1 is 0.970 bits per heavy atom. The number of methoxy groups -OCH3 is 2. The van der Waals surface area contributed by atoms with E-state index in [-0.39, 0.29) is 11.9 Å². The maximum absolute atomic E-state index is 12.5. The predicted molar refractivity (Wildman–Crippen MR) is 128 cm³/mol. The van der Waals surface area contributed by atoms with Crippen LogP contribution in [0.5, 0.6) is 11.5 Å². The number of esters is 1. The molecular weight excluding hydrogens is 420 g/mol. The molecule has 3 rings (SSSR count). The van der Waals surface area contributed by atoms with E-state index >= 15 is 0 Å². The predicted octanol–water partition coefficient (Wildman–Crippen LogP) is 5.08. The van der Waals surface area contributed by atoms with Gasteiger partial charge in [0.15, 0.2) is 0 Å². The summed E-state index contributed by atoms with van der Waals surface area (Å²) in [6.45, 7) is 4.71. The van der Waals surface area contributed by atoms with E-state index in [0.29, 0.717) is 48.7 Å². The van der Waals surface area contributed by atoms with Crippen molar-refractivity contribution in [2.45, 2.75) is 33.2 Å². The molecule has 174 valence electrons. The van der Waals surface area contributed by atoms with Gasteiger partial charge in [0.1, 0.15) is 11.5 Å². The molecule has 0 saturated heterocycles. The largest absolute Gasteiger partial charge is 0.497 e. The molecule has 7 heteroatoms. The maximum atomic E-state index is 12.5. The van der Waals surface area contributed by atoms with Gasteiger partial charge >= 0.3 is 5.97 Å². The fraction of sp³-hybridized carbons (Fsp3) is 0.308. The van der Waals surface area contributed by atoms with Crippen molar-refractivity contribution in [2.75, 3.05) is 26.1 Å². The molecular formula is C26H30N2O5. The molecule has 0 fully saturated rings. The van der Waals surface area contributed by atoms with Gasteiger partial charge in [-0.2, -0.15) is 0 Å². The third-order valence-electron chi connectivity index (χ3n) is 5.19. The van der Waals surface area contributed by atoms with E-state index in [0.717, 1.165) is 16.8 Å². The van der Waals surface area contributed by atoms with Crippen LogP contribution in [0.1, 0.15) is 35.7 Å². The Morgan fingerprint density at radius 2 is 1.64 bits per heavy atom. The zero-order valence-electron chi connectivity index (χ0n) is 19.5. The number of aromatic nitrogens is 1. The van der Waals surface area contributed by atoms with Crippen LogP contribution in [0.2, 0.25) is 0 Å². The van der Waals surface area contributed by atoms with Crippen LogP contribution >= 0.6 is 0 Å². The van der Waals surface area contributed by atoms with Gasteiger partial charge in [-0.1, -0.05) is 29.8 Å². The van der Waals surface area contributed by atoms with E-state index in [1.165, 1.54) is 0 Å². The number of benzene rings is 2. The zero-order chi connectivity index (χ0) is 23.8. The molecule has 0 saturated carbocycles. The summed E-state index contributed by atoms with van der Waals surface area (Å²) >= 11 is 0. The summed E-state index contributed by atoms with van der Waals surface area (Å²) in [7, 11) is 3.13. The minimum absolute atomic E-state index is 0.111. The molecule has 0 bridgehead atoms. The minimum Gasteiger partial charge on any atom is -0.497 e. The molecule has 7 nitrogen and oxygen atoms in total. The number of carbonyl (C=O) groups is 2. The Bertz CT molecular complexity index is 1080. The molecule has 1 heterocycles. The van der Waals surface area contributed by atoms with Crippen molar-refractivity contribution < 1.29 is 23.8 Å². The van der Waals surface area contributed by atoms with Crippen LogP contribution in [0.15, 0.2) is 54.7 Å². The van der Waals surface area contributed by atoms with E-state index in [1.54, 1.807) is 45.5 Å². The van der Waals surface area contributed by atoms with Gasteiger partial charge < -0.3 is 24.1 Å². The summed E-state index contributed by atoms with van der Waals surface area (Å²) in [6.07, 6.45) is 2.71. The smallest absolute Gasteiger partial charge is 0.339 e. The van der Waals surface area contributed by atoms with E-state index in [9.17, 15) is 9.59 Å². The van der Waals surface area contributed by atoms with E-state index < -0.39 is 0 Å². The number of aryl methyl sites for hydroxylation is 2. The Hall–Kier alpha value is -3.74. The van der Waals surface area contributed by atoms with Crippen LogP contribution in [0.4, 0.5) is 5.69 Å². The van der Waals surface area contributed by atoms with Gasteiger partial charge in [-0.15, -0.1) is 0 Å². The molecule has 0 unspecified atom stereocenters.